The maximum atomic E-state index is 12.7. The first-order chi connectivity index (χ1) is 9.93. The van der Waals surface area contributed by atoms with Crippen LogP contribution in [-0.2, 0) is 4.79 Å². The zero-order valence-corrected chi connectivity index (χ0v) is 13.6. The van der Waals surface area contributed by atoms with Gasteiger partial charge in [-0.1, -0.05) is 6.92 Å². The predicted octanol–water partition coefficient (Wildman–Crippen LogP) is 2.78. The van der Waals surface area contributed by atoms with Gasteiger partial charge in [-0.2, -0.15) is 0 Å². The molecule has 0 saturated heterocycles. The van der Waals surface area contributed by atoms with Crippen LogP contribution in [0.2, 0.25) is 0 Å². The molecule has 0 radical (unpaired) electrons. The Morgan fingerprint density at radius 1 is 1.48 bits per heavy atom. The highest BCUT2D eigenvalue weighted by atomic mass is 79.9. The largest absolute Gasteiger partial charge is 0.497 e. The molecule has 114 valence electrons. The van der Waals surface area contributed by atoms with Crippen molar-refractivity contribution in [1.82, 2.24) is 4.90 Å². The Labute approximate surface area is 132 Å². The normalized spacial score (nSPS) is 15.4. The van der Waals surface area contributed by atoms with Gasteiger partial charge in [0, 0.05) is 17.1 Å². The van der Waals surface area contributed by atoms with Crippen molar-refractivity contribution in [2.45, 2.75) is 25.8 Å². The van der Waals surface area contributed by atoms with E-state index in [2.05, 4.69) is 15.9 Å². The summed E-state index contributed by atoms with van der Waals surface area (Å²) in [6.45, 7) is 1.84. The van der Waals surface area contributed by atoms with E-state index in [0.717, 1.165) is 12.8 Å². The maximum Gasteiger partial charge on any atom is 0.308 e. The van der Waals surface area contributed by atoms with E-state index in [0.29, 0.717) is 15.8 Å². The van der Waals surface area contributed by atoms with E-state index in [1.807, 2.05) is 0 Å². The van der Waals surface area contributed by atoms with Crippen molar-refractivity contribution in [3.05, 3.63) is 28.2 Å². The Kier molecular flexibility index (Phi) is 4.88. The number of amides is 1. The second-order valence-corrected chi connectivity index (χ2v) is 6.13. The number of carbonyl (C=O) groups is 2. The summed E-state index contributed by atoms with van der Waals surface area (Å²) in [5.74, 6) is -1.03. The van der Waals surface area contributed by atoms with Crippen LogP contribution in [0.25, 0.3) is 0 Å². The van der Waals surface area contributed by atoms with Gasteiger partial charge in [0.25, 0.3) is 5.91 Å². The van der Waals surface area contributed by atoms with Gasteiger partial charge in [-0.05, 0) is 47.0 Å². The lowest BCUT2D eigenvalue weighted by molar-refractivity contribution is -0.141. The van der Waals surface area contributed by atoms with Crippen molar-refractivity contribution in [2.24, 2.45) is 5.92 Å². The summed E-state index contributed by atoms with van der Waals surface area (Å²) < 4.78 is 5.83. The molecule has 0 aliphatic heterocycles. The fourth-order valence-corrected chi connectivity index (χ4v) is 2.52. The minimum absolute atomic E-state index is 0.150. The molecule has 0 heterocycles. The number of benzene rings is 1. The molecule has 1 saturated carbocycles. The highest BCUT2D eigenvalue weighted by Gasteiger charge is 2.35. The molecule has 1 aliphatic carbocycles. The number of halogens is 1. The standard InChI is InChI=1S/C15H18BrNO4/c1-9(15(19)20)8-17(10-3-4-10)14(18)12-7-11(21-2)5-6-13(12)16/h5-7,9-10H,3-4,8H2,1-2H3,(H,19,20). The lowest BCUT2D eigenvalue weighted by Gasteiger charge is -2.25. The van der Waals surface area contributed by atoms with Gasteiger partial charge in [0.05, 0.1) is 18.6 Å². The smallest absolute Gasteiger partial charge is 0.308 e. The summed E-state index contributed by atoms with van der Waals surface area (Å²) in [4.78, 5) is 25.4. The van der Waals surface area contributed by atoms with Crippen LogP contribution in [0.15, 0.2) is 22.7 Å². The van der Waals surface area contributed by atoms with Crippen molar-refractivity contribution in [1.29, 1.82) is 0 Å². The van der Waals surface area contributed by atoms with Crippen LogP contribution in [-0.4, -0.2) is 41.6 Å². The SMILES string of the molecule is COc1ccc(Br)c(C(=O)N(CC(C)C(=O)O)C2CC2)c1. The third kappa shape index (κ3) is 3.75. The van der Waals surface area contributed by atoms with Gasteiger partial charge in [0.1, 0.15) is 5.75 Å². The summed E-state index contributed by atoms with van der Waals surface area (Å²) >= 11 is 3.37. The molecule has 0 spiro atoms. The topological polar surface area (TPSA) is 66.8 Å². The van der Waals surface area contributed by atoms with Gasteiger partial charge < -0.3 is 14.7 Å². The molecule has 6 heteroatoms. The summed E-state index contributed by atoms with van der Waals surface area (Å²) in [5, 5.41) is 9.05. The van der Waals surface area contributed by atoms with E-state index in [-0.39, 0.29) is 18.5 Å². The van der Waals surface area contributed by atoms with Crippen LogP contribution < -0.4 is 4.74 Å². The van der Waals surface area contributed by atoms with E-state index in [1.54, 1.807) is 37.1 Å². The Balaban J connectivity index is 2.24. The molecule has 0 bridgehead atoms. The van der Waals surface area contributed by atoms with Crippen LogP contribution in [0.3, 0.4) is 0 Å². The molecule has 1 aromatic carbocycles. The number of carboxylic acids is 1. The number of ether oxygens (including phenoxy) is 1. The molecule has 1 unspecified atom stereocenters. The summed E-state index contributed by atoms with van der Waals surface area (Å²) in [7, 11) is 1.54. The Morgan fingerprint density at radius 3 is 2.67 bits per heavy atom. The molecule has 1 fully saturated rings. The minimum Gasteiger partial charge on any atom is -0.497 e. The van der Waals surface area contributed by atoms with E-state index in [9.17, 15) is 9.59 Å². The monoisotopic (exact) mass is 355 g/mol. The van der Waals surface area contributed by atoms with E-state index >= 15 is 0 Å². The maximum absolute atomic E-state index is 12.7. The van der Waals surface area contributed by atoms with Crippen molar-refractivity contribution >= 4 is 27.8 Å². The van der Waals surface area contributed by atoms with Crippen LogP contribution in [0.4, 0.5) is 0 Å². The summed E-state index contributed by atoms with van der Waals surface area (Å²) in [5.41, 5.74) is 0.499. The van der Waals surface area contributed by atoms with Gasteiger partial charge in [-0.3, -0.25) is 9.59 Å². The van der Waals surface area contributed by atoms with E-state index in [1.165, 1.54) is 0 Å². The van der Waals surface area contributed by atoms with Crippen LogP contribution in [0.5, 0.6) is 5.75 Å². The average Bonchev–Trinajstić information content (AvgIpc) is 3.28. The number of carbonyl (C=O) groups excluding carboxylic acids is 1. The zero-order chi connectivity index (χ0) is 15.6. The molecule has 1 amide bonds. The molecule has 1 N–H and O–H groups in total. The molecule has 21 heavy (non-hydrogen) atoms. The van der Waals surface area contributed by atoms with Crippen molar-refractivity contribution in [3.63, 3.8) is 0 Å². The van der Waals surface area contributed by atoms with E-state index in [4.69, 9.17) is 9.84 Å². The highest BCUT2D eigenvalue weighted by molar-refractivity contribution is 9.10. The fourth-order valence-electron chi connectivity index (χ4n) is 2.11. The molecule has 1 aromatic rings. The number of hydrogen-bond donors (Lipinski definition) is 1. The Hall–Kier alpha value is -1.56. The van der Waals surface area contributed by atoms with Gasteiger partial charge >= 0.3 is 5.97 Å². The first-order valence-electron chi connectivity index (χ1n) is 6.81. The third-order valence-electron chi connectivity index (χ3n) is 3.54. The van der Waals surface area contributed by atoms with Gasteiger partial charge in [0.15, 0.2) is 0 Å². The molecule has 0 aromatic heterocycles. The third-order valence-corrected chi connectivity index (χ3v) is 4.24. The Bertz CT molecular complexity index is 557. The highest BCUT2D eigenvalue weighted by Crippen LogP contribution is 2.31. The lowest BCUT2D eigenvalue weighted by Crippen LogP contribution is -2.38. The number of methoxy groups -OCH3 is 1. The molecular weight excluding hydrogens is 338 g/mol. The summed E-state index contributed by atoms with van der Waals surface area (Å²) in [6.07, 6.45) is 1.86. The van der Waals surface area contributed by atoms with Crippen molar-refractivity contribution in [2.75, 3.05) is 13.7 Å². The molecule has 1 aliphatic rings. The van der Waals surface area contributed by atoms with Crippen LogP contribution in [0.1, 0.15) is 30.1 Å². The predicted molar refractivity (Wildman–Crippen MR) is 81.6 cm³/mol. The van der Waals surface area contributed by atoms with Crippen LogP contribution >= 0.6 is 15.9 Å². The number of rotatable bonds is 6. The second-order valence-electron chi connectivity index (χ2n) is 5.27. The van der Waals surface area contributed by atoms with Gasteiger partial charge in [-0.25, -0.2) is 0 Å². The first-order valence-corrected chi connectivity index (χ1v) is 7.60. The quantitative estimate of drug-likeness (QED) is 0.851. The van der Waals surface area contributed by atoms with Crippen molar-refractivity contribution < 1.29 is 19.4 Å². The molecular formula is C15H18BrNO4. The lowest BCUT2D eigenvalue weighted by atomic mass is 10.1. The molecule has 2 rings (SSSR count). The first kappa shape index (κ1) is 15.8. The number of nitrogens with zero attached hydrogens (tertiary/aromatic N) is 1. The molecule has 1 atom stereocenters. The van der Waals surface area contributed by atoms with Crippen LogP contribution in [0, 0.1) is 5.92 Å². The average molecular weight is 356 g/mol. The minimum atomic E-state index is -0.891. The summed E-state index contributed by atoms with van der Waals surface area (Å²) in [6, 6.07) is 5.35. The van der Waals surface area contributed by atoms with Crippen molar-refractivity contribution in [3.8, 4) is 5.75 Å². The fraction of sp³-hybridized carbons (Fsp3) is 0.467. The second kappa shape index (κ2) is 6.47. The van der Waals surface area contributed by atoms with Gasteiger partial charge in [-0.15, -0.1) is 0 Å². The number of hydrogen-bond acceptors (Lipinski definition) is 3. The Morgan fingerprint density at radius 2 is 2.14 bits per heavy atom. The molecule has 5 nitrogen and oxygen atoms in total. The van der Waals surface area contributed by atoms with E-state index < -0.39 is 11.9 Å². The number of carboxylic acid groups (broad SMARTS) is 1. The van der Waals surface area contributed by atoms with Gasteiger partial charge in [0.2, 0.25) is 0 Å². The zero-order valence-electron chi connectivity index (χ0n) is 12.0. The number of aliphatic carboxylic acids is 1.